The van der Waals surface area contributed by atoms with Gasteiger partial charge in [0.15, 0.2) is 0 Å². The molecule has 10 heteroatoms. The fourth-order valence-electron chi connectivity index (χ4n) is 3.02. The molecule has 32 heavy (non-hydrogen) atoms. The number of likely N-dealkylation sites (N-methyl/N-ethyl adjacent to an activating group) is 1. The Bertz CT molecular complexity index is 1050. The molecule has 2 aromatic carbocycles. The second kappa shape index (κ2) is 10.6. The van der Waals surface area contributed by atoms with Crippen molar-refractivity contribution in [2.75, 3.05) is 34.9 Å². The monoisotopic (exact) mass is 459 g/mol. The minimum absolute atomic E-state index is 0.171. The fourth-order valence-corrected chi connectivity index (χ4v) is 4.27. The first-order valence-electron chi connectivity index (χ1n) is 10.1. The van der Waals surface area contributed by atoms with Crippen molar-refractivity contribution in [1.82, 2.24) is 24.0 Å². The lowest BCUT2D eigenvalue weighted by atomic mass is 10.2. The second-order valence-electron chi connectivity index (χ2n) is 7.56. The van der Waals surface area contributed by atoms with Crippen LogP contribution in [0.3, 0.4) is 0 Å². The van der Waals surface area contributed by atoms with Gasteiger partial charge in [-0.2, -0.15) is 4.31 Å². The van der Waals surface area contributed by atoms with E-state index < -0.39 is 10.0 Å². The van der Waals surface area contributed by atoms with Crippen LogP contribution in [0, 0.1) is 0 Å². The van der Waals surface area contributed by atoms with E-state index in [1.54, 1.807) is 18.9 Å². The predicted octanol–water partition coefficient (Wildman–Crippen LogP) is 2.25. The Morgan fingerprint density at radius 2 is 1.38 bits per heavy atom. The van der Waals surface area contributed by atoms with Gasteiger partial charge in [0, 0.05) is 19.6 Å². The Morgan fingerprint density at radius 1 is 0.875 bits per heavy atom. The van der Waals surface area contributed by atoms with E-state index >= 15 is 0 Å². The number of hydrogen-bond acceptors (Lipinski definition) is 7. The summed E-state index contributed by atoms with van der Waals surface area (Å²) in [6, 6.07) is 14.6. The Hall–Kier alpha value is -2.95. The normalized spacial score (nSPS) is 11.8. The van der Waals surface area contributed by atoms with Crippen LogP contribution < -0.4 is 9.47 Å². The SMILES string of the molecule is COc1ccc(CN(Cc2ccc(OC)cc2)S(=O)(=O)c2ncn(CCN(C)C)n2)cc1. The molecular weight excluding hydrogens is 430 g/mol. The van der Waals surface area contributed by atoms with Crippen molar-refractivity contribution in [1.29, 1.82) is 0 Å². The van der Waals surface area contributed by atoms with E-state index in [0.717, 1.165) is 17.7 Å². The molecule has 0 aliphatic heterocycles. The summed E-state index contributed by atoms with van der Waals surface area (Å²) >= 11 is 0. The summed E-state index contributed by atoms with van der Waals surface area (Å²) in [6.45, 7) is 1.62. The highest BCUT2D eigenvalue weighted by Gasteiger charge is 2.29. The molecule has 0 N–H and O–H groups in total. The topological polar surface area (TPSA) is 89.8 Å². The van der Waals surface area contributed by atoms with Gasteiger partial charge in [0.1, 0.15) is 17.8 Å². The maximum Gasteiger partial charge on any atom is 0.282 e. The highest BCUT2D eigenvalue weighted by Crippen LogP contribution is 2.21. The van der Waals surface area contributed by atoms with Gasteiger partial charge in [-0.05, 0) is 49.5 Å². The van der Waals surface area contributed by atoms with Gasteiger partial charge in [0.2, 0.25) is 0 Å². The van der Waals surface area contributed by atoms with Crippen molar-refractivity contribution in [3.63, 3.8) is 0 Å². The van der Waals surface area contributed by atoms with Gasteiger partial charge >= 0.3 is 0 Å². The van der Waals surface area contributed by atoms with Gasteiger partial charge in [-0.15, -0.1) is 5.10 Å². The highest BCUT2D eigenvalue weighted by molar-refractivity contribution is 7.88. The van der Waals surface area contributed by atoms with Crippen molar-refractivity contribution >= 4 is 10.0 Å². The molecule has 0 bridgehead atoms. The van der Waals surface area contributed by atoms with Crippen LogP contribution in [0.5, 0.6) is 11.5 Å². The molecule has 0 aliphatic rings. The van der Waals surface area contributed by atoms with Crippen molar-refractivity contribution in [2.45, 2.75) is 24.8 Å². The average molecular weight is 460 g/mol. The van der Waals surface area contributed by atoms with Gasteiger partial charge in [0.05, 0.1) is 20.8 Å². The maximum atomic E-state index is 13.5. The molecule has 0 atom stereocenters. The molecule has 3 rings (SSSR count). The summed E-state index contributed by atoms with van der Waals surface area (Å²) in [5.41, 5.74) is 1.66. The van der Waals surface area contributed by atoms with E-state index in [0.29, 0.717) is 18.0 Å². The van der Waals surface area contributed by atoms with Gasteiger partial charge in [-0.3, -0.25) is 4.68 Å². The zero-order valence-electron chi connectivity index (χ0n) is 18.8. The Labute approximate surface area is 189 Å². The van der Waals surface area contributed by atoms with Crippen LogP contribution in [0.1, 0.15) is 11.1 Å². The van der Waals surface area contributed by atoms with Crippen molar-refractivity contribution in [3.05, 3.63) is 66.0 Å². The van der Waals surface area contributed by atoms with Crippen molar-refractivity contribution in [2.24, 2.45) is 0 Å². The van der Waals surface area contributed by atoms with Crippen LogP contribution in [0.25, 0.3) is 0 Å². The van der Waals surface area contributed by atoms with E-state index in [4.69, 9.17) is 9.47 Å². The van der Waals surface area contributed by atoms with E-state index in [-0.39, 0.29) is 18.2 Å². The molecule has 0 unspecified atom stereocenters. The van der Waals surface area contributed by atoms with E-state index in [9.17, 15) is 8.42 Å². The van der Waals surface area contributed by atoms with Gasteiger partial charge < -0.3 is 14.4 Å². The molecule has 0 fully saturated rings. The lowest BCUT2D eigenvalue weighted by Gasteiger charge is -2.21. The van der Waals surface area contributed by atoms with E-state index in [2.05, 4.69) is 10.1 Å². The maximum absolute atomic E-state index is 13.5. The molecule has 0 aliphatic carbocycles. The highest BCUT2D eigenvalue weighted by atomic mass is 32.2. The zero-order valence-corrected chi connectivity index (χ0v) is 19.6. The number of nitrogens with zero attached hydrogens (tertiary/aromatic N) is 5. The van der Waals surface area contributed by atoms with Crippen LogP contribution in [0.4, 0.5) is 0 Å². The molecule has 3 aromatic rings. The number of sulfonamides is 1. The molecule has 1 aromatic heterocycles. The summed E-state index contributed by atoms with van der Waals surface area (Å²) in [5, 5.41) is 4.01. The Kier molecular flexibility index (Phi) is 7.84. The summed E-state index contributed by atoms with van der Waals surface area (Å²) in [5.74, 6) is 1.42. The van der Waals surface area contributed by atoms with Crippen molar-refractivity contribution < 1.29 is 17.9 Å². The van der Waals surface area contributed by atoms with Gasteiger partial charge in [-0.1, -0.05) is 24.3 Å². The third kappa shape index (κ3) is 6.06. The molecule has 0 radical (unpaired) electrons. The van der Waals surface area contributed by atoms with Gasteiger partial charge in [-0.25, -0.2) is 13.4 Å². The quantitative estimate of drug-likeness (QED) is 0.434. The third-order valence-electron chi connectivity index (χ3n) is 4.90. The number of ether oxygens (including phenoxy) is 2. The Balaban J connectivity index is 1.88. The van der Waals surface area contributed by atoms with Crippen LogP contribution in [-0.4, -0.2) is 67.2 Å². The Morgan fingerprint density at radius 3 is 1.81 bits per heavy atom. The van der Waals surface area contributed by atoms with Gasteiger partial charge in [0.25, 0.3) is 15.2 Å². The minimum Gasteiger partial charge on any atom is -0.497 e. The predicted molar refractivity (Wildman–Crippen MR) is 121 cm³/mol. The molecule has 0 saturated heterocycles. The lowest BCUT2D eigenvalue weighted by Crippen LogP contribution is -2.31. The van der Waals surface area contributed by atoms with E-state index in [1.807, 2.05) is 67.5 Å². The molecule has 0 saturated carbocycles. The summed E-state index contributed by atoms with van der Waals surface area (Å²) < 4.78 is 40.3. The van der Waals surface area contributed by atoms with Crippen LogP contribution in [0.15, 0.2) is 60.0 Å². The van der Waals surface area contributed by atoms with Crippen molar-refractivity contribution in [3.8, 4) is 11.5 Å². The summed E-state index contributed by atoms with van der Waals surface area (Å²) in [6.07, 6.45) is 1.45. The van der Waals surface area contributed by atoms with Crippen LogP contribution in [0.2, 0.25) is 0 Å². The minimum atomic E-state index is -3.93. The average Bonchev–Trinajstić information content (AvgIpc) is 3.28. The smallest absolute Gasteiger partial charge is 0.282 e. The summed E-state index contributed by atoms with van der Waals surface area (Å²) in [4.78, 5) is 6.08. The number of methoxy groups -OCH3 is 2. The first-order valence-corrected chi connectivity index (χ1v) is 11.6. The van der Waals surface area contributed by atoms with Crippen LogP contribution >= 0.6 is 0 Å². The largest absolute Gasteiger partial charge is 0.497 e. The molecule has 0 amide bonds. The first-order chi connectivity index (χ1) is 15.3. The number of aromatic nitrogens is 3. The first kappa shape index (κ1) is 23.7. The number of benzene rings is 2. The molecular formula is C22H29N5O4S. The third-order valence-corrected chi connectivity index (χ3v) is 6.48. The number of rotatable bonds is 11. The summed E-state index contributed by atoms with van der Waals surface area (Å²) in [7, 11) is 3.14. The molecule has 172 valence electrons. The van der Waals surface area contributed by atoms with Crippen LogP contribution in [-0.2, 0) is 29.7 Å². The standard InChI is InChI=1S/C22H29N5O4S/c1-25(2)13-14-26-17-23-22(24-26)32(28,29)27(15-18-5-9-20(30-3)10-6-18)16-19-7-11-21(31-4)12-8-19/h5-12,17H,13-16H2,1-4H3. The fraction of sp³-hybridized carbons (Fsp3) is 0.364. The molecule has 1 heterocycles. The van der Waals surface area contributed by atoms with E-state index in [1.165, 1.54) is 10.6 Å². The molecule has 9 nitrogen and oxygen atoms in total. The second-order valence-corrected chi connectivity index (χ2v) is 9.39. The molecule has 0 spiro atoms. The lowest BCUT2D eigenvalue weighted by molar-refractivity contribution is 0.369. The number of hydrogen-bond donors (Lipinski definition) is 0. The zero-order chi connectivity index (χ0) is 23.1.